The molecule has 0 spiro atoms. The summed E-state index contributed by atoms with van der Waals surface area (Å²) in [6, 6.07) is 6.72. The van der Waals surface area contributed by atoms with Crippen molar-refractivity contribution in [3.63, 3.8) is 0 Å². The number of likely N-dealkylation sites (tertiary alicyclic amines) is 1. The summed E-state index contributed by atoms with van der Waals surface area (Å²) in [4.78, 5) is 26.4. The fraction of sp³-hybridized carbons (Fsp3) is 0.619. The van der Waals surface area contributed by atoms with Crippen molar-refractivity contribution in [3.8, 4) is 0 Å². The molecule has 0 radical (unpaired) electrons. The highest BCUT2D eigenvalue weighted by Gasteiger charge is 2.43. The number of carboxylic acids is 1. The number of aliphatic carboxylic acids is 1. The summed E-state index contributed by atoms with van der Waals surface area (Å²) in [5.41, 5.74) is 0.924. The predicted octanol–water partition coefficient (Wildman–Crippen LogP) is 3.30. The van der Waals surface area contributed by atoms with Crippen LogP contribution >= 0.6 is 11.6 Å². The fourth-order valence-corrected chi connectivity index (χ4v) is 6.01. The number of carbonyl (C=O) groups is 2. The Hall–Kier alpha value is -1.64. The van der Waals surface area contributed by atoms with E-state index in [1.54, 1.807) is 24.1 Å². The van der Waals surface area contributed by atoms with E-state index >= 15 is 0 Å². The molecule has 1 amide bonds. The number of amides is 1. The topological polar surface area (TPSA) is 95.0 Å². The van der Waals surface area contributed by atoms with Gasteiger partial charge >= 0.3 is 5.97 Å². The monoisotopic (exact) mass is 456 g/mol. The Kier molecular flexibility index (Phi) is 7.09. The predicted molar refractivity (Wildman–Crippen MR) is 115 cm³/mol. The van der Waals surface area contributed by atoms with Crippen LogP contribution in [0, 0.1) is 5.92 Å². The van der Waals surface area contributed by atoms with Gasteiger partial charge in [0.15, 0.2) is 0 Å². The van der Waals surface area contributed by atoms with Gasteiger partial charge < -0.3 is 10.0 Å². The fourth-order valence-electron chi connectivity index (χ4n) is 4.27. The molecule has 1 saturated carbocycles. The first kappa shape index (κ1) is 23.0. The van der Waals surface area contributed by atoms with Gasteiger partial charge in [-0.25, -0.2) is 12.7 Å². The van der Waals surface area contributed by atoms with E-state index in [1.165, 1.54) is 4.31 Å². The smallest absolute Gasteiger partial charge is 0.304 e. The lowest BCUT2D eigenvalue weighted by molar-refractivity contribution is -0.151. The van der Waals surface area contributed by atoms with Crippen LogP contribution in [0.2, 0.25) is 5.02 Å². The molecule has 166 valence electrons. The lowest BCUT2D eigenvalue weighted by Crippen LogP contribution is -2.53. The minimum absolute atomic E-state index is 0.199. The molecule has 2 fully saturated rings. The van der Waals surface area contributed by atoms with E-state index in [0.29, 0.717) is 37.1 Å². The van der Waals surface area contributed by atoms with E-state index in [-0.39, 0.29) is 36.2 Å². The van der Waals surface area contributed by atoms with E-state index in [4.69, 9.17) is 11.6 Å². The van der Waals surface area contributed by atoms with Crippen molar-refractivity contribution in [2.45, 2.75) is 62.8 Å². The van der Waals surface area contributed by atoms with Crippen molar-refractivity contribution in [3.05, 3.63) is 34.9 Å². The number of carboxylic acid groups (broad SMARTS) is 1. The number of likely N-dealkylation sites (N-methyl/N-ethyl adjacent to an activating group) is 1. The minimum Gasteiger partial charge on any atom is -0.481 e. The highest BCUT2D eigenvalue weighted by Crippen LogP contribution is 2.38. The summed E-state index contributed by atoms with van der Waals surface area (Å²) in [6.07, 6.45) is 2.83. The summed E-state index contributed by atoms with van der Waals surface area (Å²) >= 11 is 6.02. The zero-order valence-electron chi connectivity index (χ0n) is 17.3. The SMILES string of the molecule is CCC(CN(C)S(=O)(=O)C1CC1)N1C(=O)C(CC(=O)O)CCC1c1ccc(Cl)cc1. The van der Waals surface area contributed by atoms with Crippen LogP contribution in [0.4, 0.5) is 0 Å². The zero-order valence-corrected chi connectivity index (χ0v) is 18.9. The number of hydrogen-bond donors (Lipinski definition) is 1. The summed E-state index contributed by atoms with van der Waals surface area (Å²) in [5, 5.41) is 9.51. The van der Waals surface area contributed by atoms with Crippen LogP contribution in [0.25, 0.3) is 0 Å². The van der Waals surface area contributed by atoms with E-state index in [2.05, 4.69) is 0 Å². The van der Waals surface area contributed by atoms with Gasteiger partial charge in [-0.2, -0.15) is 0 Å². The number of nitrogens with zero attached hydrogens (tertiary/aromatic N) is 2. The number of hydrogen-bond acceptors (Lipinski definition) is 4. The van der Waals surface area contributed by atoms with Gasteiger partial charge in [0.1, 0.15) is 0 Å². The first-order chi connectivity index (χ1) is 14.1. The maximum absolute atomic E-state index is 13.4. The molecule has 1 aliphatic carbocycles. The number of sulfonamides is 1. The second-order valence-electron chi connectivity index (χ2n) is 8.27. The number of rotatable bonds is 9. The maximum atomic E-state index is 13.4. The van der Waals surface area contributed by atoms with E-state index in [1.807, 2.05) is 19.1 Å². The lowest BCUT2D eigenvalue weighted by Gasteiger charge is -2.44. The van der Waals surface area contributed by atoms with E-state index in [9.17, 15) is 23.1 Å². The van der Waals surface area contributed by atoms with Gasteiger partial charge in [0.25, 0.3) is 0 Å². The second kappa shape index (κ2) is 9.24. The molecule has 9 heteroatoms. The molecule has 7 nitrogen and oxygen atoms in total. The molecule has 1 aromatic carbocycles. The van der Waals surface area contributed by atoms with E-state index < -0.39 is 21.9 Å². The number of halogens is 1. The Balaban J connectivity index is 1.90. The Bertz CT molecular complexity index is 885. The van der Waals surface area contributed by atoms with Gasteiger partial charge in [0, 0.05) is 30.6 Å². The summed E-state index contributed by atoms with van der Waals surface area (Å²) < 4.78 is 26.6. The highest BCUT2D eigenvalue weighted by atomic mass is 35.5. The maximum Gasteiger partial charge on any atom is 0.304 e. The number of piperidine rings is 1. The highest BCUT2D eigenvalue weighted by molar-refractivity contribution is 7.90. The van der Waals surface area contributed by atoms with Crippen LogP contribution in [-0.2, 0) is 19.6 Å². The van der Waals surface area contributed by atoms with Gasteiger partial charge in [-0.3, -0.25) is 9.59 Å². The molecular weight excluding hydrogens is 428 g/mol. The molecule has 1 aromatic rings. The van der Waals surface area contributed by atoms with Gasteiger partial charge in [-0.05, 0) is 49.8 Å². The molecule has 3 atom stereocenters. The molecule has 0 bridgehead atoms. The molecule has 0 aromatic heterocycles. The Labute approximate surface area is 183 Å². The minimum atomic E-state index is -3.36. The lowest BCUT2D eigenvalue weighted by atomic mass is 9.85. The van der Waals surface area contributed by atoms with Crippen LogP contribution in [-0.4, -0.2) is 59.5 Å². The van der Waals surface area contributed by atoms with Crippen molar-refractivity contribution >= 4 is 33.5 Å². The van der Waals surface area contributed by atoms with Gasteiger partial charge in [-0.1, -0.05) is 30.7 Å². The second-order valence-corrected chi connectivity index (χ2v) is 11.0. The number of carbonyl (C=O) groups excluding carboxylic acids is 1. The summed E-state index contributed by atoms with van der Waals surface area (Å²) in [5.74, 6) is -1.81. The first-order valence-corrected chi connectivity index (χ1v) is 12.3. The average Bonchev–Trinajstić information content (AvgIpc) is 3.54. The van der Waals surface area contributed by atoms with Crippen molar-refractivity contribution < 1.29 is 23.1 Å². The van der Waals surface area contributed by atoms with E-state index in [0.717, 1.165) is 5.56 Å². The summed E-state index contributed by atoms with van der Waals surface area (Å²) in [6.45, 7) is 2.13. The third kappa shape index (κ3) is 4.98. The van der Waals surface area contributed by atoms with Crippen LogP contribution in [0.3, 0.4) is 0 Å². The molecule has 30 heavy (non-hydrogen) atoms. The van der Waals surface area contributed by atoms with Crippen LogP contribution in [0.5, 0.6) is 0 Å². The quantitative estimate of drug-likeness (QED) is 0.615. The van der Waals surface area contributed by atoms with Crippen molar-refractivity contribution in [1.29, 1.82) is 0 Å². The van der Waals surface area contributed by atoms with Crippen LogP contribution in [0.1, 0.15) is 57.1 Å². The molecule has 1 aliphatic heterocycles. The van der Waals surface area contributed by atoms with Crippen molar-refractivity contribution in [1.82, 2.24) is 9.21 Å². The normalized spacial score (nSPS) is 23.6. The van der Waals surface area contributed by atoms with Crippen molar-refractivity contribution in [2.24, 2.45) is 5.92 Å². The molecule has 3 unspecified atom stereocenters. The van der Waals surface area contributed by atoms with Crippen molar-refractivity contribution in [2.75, 3.05) is 13.6 Å². The summed E-state index contributed by atoms with van der Waals surface area (Å²) in [7, 11) is -1.80. The van der Waals surface area contributed by atoms with Gasteiger partial charge in [-0.15, -0.1) is 0 Å². The molecule has 1 N–H and O–H groups in total. The third-order valence-corrected chi connectivity index (χ3v) is 8.70. The largest absolute Gasteiger partial charge is 0.481 e. The number of benzene rings is 1. The molecule has 1 saturated heterocycles. The Morgan fingerprint density at radius 3 is 2.40 bits per heavy atom. The standard InChI is InChI=1S/C21H29ClN2O5S/c1-3-17(13-23(2)30(28,29)18-9-10-18)24-19(14-4-7-16(22)8-5-14)11-6-15(21(24)27)12-20(25)26/h4-5,7-8,15,17-19H,3,6,9-13H2,1-2H3,(H,25,26). The molecule has 3 rings (SSSR count). The first-order valence-electron chi connectivity index (χ1n) is 10.4. The Morgan fingerprint density at radius 2 is 1.87 bits per heavy atom. The molecule has 1 heterocycles. The van der Waals surface area contributed by atoms with Gasteiger partial charge in [0.2, 0.25) is 15.9 Å². The third-order valence-electron chi connectivity index (χ3n) is 6.12. The average molecular weight is 457 g/mol. The molecule has 2 aliphatic rings. The van der Waals surface area contributed by atoms with Crippen LogP contribution < -0.4 is 0 Å². The van der Waals surface area contributed by atoms with Crippen LogP contribution in [0.15, 0.2) is 24.3 Å². The van der Waals surface area contributed by atoms with Gasteiger partial charge in [0.05, 0.1) is 17.7 Å². The zero-order chi connectivity index (χ0) is 22.1. The Morgan fingerprint density at radius 1 is 1.23 bits per heavy atom. The molecular formula is C21H29ClN2O5S.